The van der Waals surface area contributed by atoms with Crippen LogP contribution in [0.25, 0.3) is 0 Å². The second-order valence-electron chi connectivity index (χ2n) is 7.56. The van der Waals surface area contributed by atoms with Gasteiger partial charge in [0.2, 0.25) is 5.91 Å². The number of anilines is 1. The number of carbonyl (C=O) groups excluding carboxylic acids is 2. The molecule has 1 aromatic heterocycles. The Morgan fingerprint density at radius 3 is 2.52 bits per heavy atom. The molecule has 0 aliphatic heterocycles. The van der Waals surface area contributed by atoms with Crippen LogP contribution < -0.4 is 10.6 Å². The molecule has 1 heterocycles. The van der Waals surface area contributed by atoms with Crippen LogP contribution in [0.15, 0.2) is 41.6 Å². The zero-order chi connectivity index (χ0) is 24.1. The molecule has 33 heavy (non-hydrogen) atoms. The summed E-state index contributed by atoms with van der Waals surface area (Å²) in [5.41, 5.74) is 3.35. The van der Waals surface area contributed by atoms with E-state index < -0.39 is 6.04 Å². The first-order valence-electron chi connectivity index (χ1n) is 10.4. The molecule has 3 aromatic rings. The fraction of sp³-hybridized carbons (Fsp3) is 0.304. The summed E-state index contributed by atoms with van der Waals surface area (Å²) in [4.78, 5) is 25.1. The highest BCUT2D eigenvalue weighted by atomic mass is 35.5. The molecule has 2 N–H and O–H groups in total. The van der Waals surface area contributed by atoms with E-state index in [-0.39, 0.29) is 17.6 Å². The fourth-order valence-corrected chi connectivity index (χ4v) is 4.38. The lowest BCUT2D eigenvalue weighted by atomic mass is 10.1. The normalized spacial score (nSPS) is 11.8. The SMILES string of the molecule is CCn1c(SCC(=O)Nc2ccc(C)cc2C)nnc1[C@@H](C)NC(=O)c1ccc(Cl)c(Cl)c1. The zero-order valence-electron chi connectivity index (χ0n) is 18.8. The first kappa shape index (κ1) is 25.1. The summed E-state index contributed by atoms with van der Waals surface area (Å²) in [6.45, 7) is 8.35. The molecule has 0 saturated carbocycles. The smallest absolute Gasteiger partial charge is 0.251 e. The predicted octanol–water partition coefficient (Wildman–Crippen LogP) is 5.44. The minimum atomic E-state index is -0.405. The van der Waals surface area contributed by atoms with Crippen molar-refractivity contribution in [3.05, 3.63) is 69.0 Å². The highest BCUT2D eigenvalue weighted by molar-refractivity contribution is 7.99. The van der Waals surface area contributed by atoms with Gasteiger partial charge in [0.15, 0.2) is 11.0 Å². The van der Waals surface area contributed by atoms with Crippen molar-refractivity contribution in [1.82, 2.24) is 20.1 Å². The van der Waals surface area contributed by atoms with Gasteiger partial charge in [0, 0.05) is 17.8 Å². The van der Waals surface area contributed by atoms with Crippen LogP contribution in [0.4, 0.5) is 5.69 Å². The van der Waals surface area contributed by atoms with Crippen molar-refractivity contribution in [2.45, 2.75) is 45.4 Å². The summed E-state index contributed by atoms with van der Waals surface area (Å²) >= 11 is 13.2. The van der Waals surface area contributed by atoms with Crippen molar-refractivity contribution in [2.75, 3.05) is 11.1 Å². The zero-order valence-corrected chi connectivity index (χ0v) is 21.1. The summed E-state index contributed by atoms with van der Waals surface area (Å²) in [7, 11) is 0. The van der Waals surface area contributed by atoms with Crippen LogP contribution in [0.1, 0.15) is 47.2 Å². The monoisotopic (exact) mass is 505 g/mol. The van der Waals surface area contributed by atoms with Crippen molar-refractivity contribution < 1.29 is 9.59 Å². The Bertz CT molecular complexity index is 1180. The average Bonchev–Trinajstić information content (AvgIpc) is 3.19. The maximum Gasteiger partial charge on any atom is 0.251 e. The van der Waals surface area contributed by atoms with Crippen LogP contribution in [0.5, 0.6) is 0 Å². The Morgan fingerprint density at radius 2 is 1.85 bits per heavy atom. The van der Waals surface area contributed by atoms with Gasteiger partial charge in [-0.15, -0.1) is 10.2 Å². The topological polar surface area (TPSA) is 88.9 Å². The van der Waals surface area contributed by atoms with Gasteiger partial charge in [0.05, 0.1) is 21.8 Å². The van der Waals surface area contributed by atoms with Gasteiger partial charge in [-0.3, -0.25) is 9.59 Å². The summed E-state index contributed by atoms with van der Waals surface area (Å²) in [5, 5.41) is 15.6. The molecule has 3 rings (SSSR count). The highest BCUT2D eigenvalue weighted by Gasteiger charge is 2.20. The Balaban J connectivity index is 1.64. The Labute approximate surface area is 207 Å². The van der Waals surface area contributed by atoms with E-state index >= 15 is 0 Å². The van der Waals surface area contributed by atoms with Gasteiger partial charge in [-0.05, 0) is 57.5 Å². The maximum absolute atomic E-state index is 12.6. The number of hydrogen-bond donors (Lipinski definition) is 2. The molecule has 0 spiro atoms. The van der Waals surface area contributed by atoms with Gasteiger partial charge in [0.25, 0.3) is 5.91 Å². The molecule has 0 radical (unpaired) electrons. The first-order chi connectivity index (χ1) is 15.7. The average molecular weight is 506 g/mol. The minimum absolute atomic E-state index is 0.125. The summed E-state index contributed by atoms with van der Waals surface area (Å²) in [5.74, 6) is 0.368. The van der Waals surface area contributed by atoms with Gasteiger partial charge in [-0.1, -0.05) is 52.7 Å². The number of halogens is 2. The van der Waals surface area contributed by atoms with E-state index in [1.54, 1.807) is 12.1 Å². The number of thioether (sulfide) groups is 1. The molecule has 1 atom stereocenters. The van der Waals surface area contributed by atoms with E-state index in [1.807, 2.05) is 50.5 Å². The van der Waals surface area contributed by atoms with Crippen molar-refractivity contribution in [1.29, 1.82) is 0 Å². The standard InChI is InChI=1S/C23H25Cl2N5O2S/c1-5-30-21(15(4)26-22(32)16-7-8-17(24)18(25)11-16)28-29-23(30)33-12-20(31)27-19-9-6-13(2)10-14(19)3/h6-11,15H,5,12H2,1-4H3,(H,26,32)(H,27,31)/t15-/m1/s1. The van der Waals surface area contributed by atoms with Crippen molar-refractivity contribution in [2.24, 2.45) is 0 Å². The predicted molar refractivity (Wildman–Crippen MR) is 133 cm³/mol. The third-order valence-electron chi connectivity index (χ3n) is 4.97. The molecule has 7 nitrogen and oxygen atoms in total. The summed E-state index contributed by atoms with van der Waals surface area (Å²) < 4.78 is 1.88. The molecule has 0 saturated heterocycles. The van der Waals surface area contributed by atoms with Crippen molar-refractivity contribution >= 4 is 52.5 Å². The lowest BCUT2D eigenvalue weighted by Crippen LogP contribution is -2.28. The van der Waals surface area contributed by atoms with E-state index in [4.69, 9.17) is 23.2 Å². The number of carbonyl (C=O) groups is 2. The maximum atomic E-state index is 12.6. The summed E-state index contributed by atoms with van der Waals surface area (Å²) in [6, 6.07) is 10.2. The van der Waals surface area contributed by atoms with E-state index in [0.717, 1.165) is 16.8 Å². The molecule has 10 heteroatoms. The molecule has 2 aromatic carbocycles. The summed E-state index contributed by atoms with van der Waals surface area (Å²) in [6.07, 6.45) is 0. The Hall–Kier alpha value is -2.55. The van der Waals surface area contributed by atoms with Gasteiger partial charge in [0.1, 0.15) is 0 Å². The number of amides is 2. The molecular weight excluding hydrogens is 481 g/mol. The molecular formula is C23H25Cl2N5O2S. The quantitative estimate of drug-likeness (QED) is 0.397. The second kappa shape index (κ2) is 11.0. The van der Waals surface area contributed by atoms with Crippen LogP contribution >= 0.6 is 35.0 Å². The van der Waals surface area contributed by atoms with Crippen LogP contribution in [-0.4, -0.2) is 32.3 Å². The largest absolute Gasteiger partial charge is 0.342 e. The van der Waals surface area contributed by atoms with Gasteiger partial charge >= 0.3 is 0 Å². The molecule has 2 amide bonds. The molecule has 174 valence electrons. The molecule has 0 fully saturated rings. The van der Waals surface area contributed by atoms with E-state index in [0.29, 0.717) is 33.1 Å². The van der Waals surface area contributed by atoms with Gasteiger partial charge in [-0.2, -0.15) is 0 Å². The number of rotatable bonds is 8. The lowest BCUT2D eigenvalue weighted by molar-refractivity contribution is -0.113. The number of aromatic nitrogens is 3. The van der Waals surface area contributed by atoms with Crippen LogP contribution in [0.3, 0.4) is 0 Å². The molecule has 0 bridgehead atoms. The molecule has 0 aliphatic carbocycles. The van der Waals surface area contributed by atoms with Crippen LogP contribution in [0, 0.1) is 13.8 Å². The second-order valence-corrected chi connectivity index (χ2v) is 9.32. The lowest BCUT2D eigenvalue weighted by Gasteiger charge is -2.15. The van der Waals surface area contributed by atoms with E-state index in [2.05, 4.69) is 20.8 Å². The van der Waals surface area contributed by atoms with Crippen molar-refractivity contribution in [3.8, 4) is 0 Å². The minimum Gasteiger partial charge on any atom is -0.342 e. The highest BCUT2D eigenvalue weighted by Crippen LogP contribution is 2.24. The first-order valence-corrected chi connectivity index (χ1v) is 12.1. The number of nitrogens with one attached hydrogen (secondary N) is 2. The fourth-order valence-electron chi connectivity index (χ4n) is 3.28. The van der Waals surface area contributed by atoms with Gasteiger partial charge < -0.3 is 15.2 Å². The number of nitrogens with zero attached hydrogens (tertiary/aromatic N) is 3. The van der Waals surface area contributed by atoms with Gasteiger partial charge in [-0.25, -0.2) is 0 Å². The third-order valence-corrected chi connectivity index (χ3v) is 6.67. The van der Waals surface area contributed by atoms with E-state index in [9.17, 15) is 9.59 Å². The molecule has 0 aliphatic rings. The van der Waals surface area contributed by atoms with Crippen molar-refractivity contribution in [3.63, 3.8) is 0 Å². The molecule has 0 unspecified atom stereocenters. The Kier molecular flexibility index (Phi) is 8.40. The third kappa shape index (κ3) is 6.28. The number of benzene rings is 2. The number of hydrogen-bond acceptors (Lipinski definition) is 5. The van der Waals surface area contributed by atoms with E-state index in [1.165, 1.54) is 17.8 Å². The van der Waals surface area contributed by atoms with Crippen LogP contribution in [-0.2, 0) is 11.3 Å². The number of aryl methyl sites for hydroxylation is 2. The van der Waals surface area contributed by atoms with Crippen LogP contribution in [0.2, 0.25) is 10.0 Å². The Morgan fingerprint density at radius 1 is 1.09 bits per heavy atom.